The summed E-state index contributed by atoms with van der Waals surface area (Å²) < 4.78 is 5.64. The third-order valence-corrected chi connectivity index (χ3v) is 5.83. The minimum absolute atomic E-state index is 0.366. The van der Waals surface area contributed by atoms with E-state index in [2.05, 4.69) is 36.0 Å². The summed E-state index contributed by atoms with van der Waals surface area (Å²) in [4.78, 5) is 13.1. The van der Waals surface area contributed by atoms with E-state index in [1.807, 2.05) is 6.20 Å². The van der Waals surface area contributed by atoms with Gasteiger partial charge in [-0.1, -0.05) is 13.8 Å². The first-order chi connectivity index (χ1) is 11.6. The van der Waals surface area contributed by atoms with Crippen LogP contribution in [0.15, 0.2) is 11.2 Å². The number of ether oxygens (including phenoxy) is 1. The van der Waals surface area contributed by atoms with Gasteiger partial charge in [0.15, 0.2) is 5.96 Å². The van der Waals surface area contributed by atoms with Crippen molar-refractivity contribution in [2.75, 3.05) is 32.8 Å². The van der Waals surface area contributed by atoms with Crippen LogP contribution in [-0.2, 0) is 17.7 Å². The van der Waals surface area contributed by atoms with Crippen molar-refractivity contribution in [1.29, 1.82) is 0 Å². The Balaban J connectivity index is 1.62. The fraction of sp³-hybridized carbons (Fsp3) is 0.778. The highest BCUT2D eigenvalue weighted by molar-refractivity contribution is 7.11. The topological polar surface area (TPSA) is 49.8 Å². The van der Waals surface area contributed by atoms with E-state index in [0.29, 0.717) is 11.3 Å². The maximum Gasteiger partial charge on any atom is 0.194 e. The first-order valence-electron chi connectivity index (χ1n) is 9.15. The number of aromatic nitrogens is 1. The van der Waals surface area contributed by atoms with E-state index in [1.54, 1.807) is 11.3 Å². The van der Waals surface area contributed by atoms with Crippen molar-refractivity contribution in [3.8, 4) is 0 Å². The summed E-state index contributed by atoms with van der Waals surface area (Å²) in [6, 6.07) is 0. The Morgan fingerprint density at radius 2 is 2.38 bits per heavy atom. The summed E-state index contributed by atoms with van der Waals surface area (Å²) >= 11 is 1.80. The second-order valence-electron chi connectivity index (χ2n) is 7.46. The zero-order valence-electron chi connectivity index (χ0n) is 15.2. The molecule has 2 fully saturated rings. The molecule has 134 valence electrons. The van der Waals surface area contributed by atoms with E-state index < -0.39 is 0 Å². The maximum atomic E-state index is 5.64. The van der Waals surface area contributed by atoms with Crippen LogP contribution in [-0.4, -0.2) is 48.7 Å². The molecule has 1 aromatic heterocycles. The van der Waals surface area contributed by atoms with Crippen LogP contribution in [0.5, 0.6) is 0 Å². The van der Waals surface area contributed by atoms with Gasteiger partial charge in [-0.05, 0) is 25.7 Å². The lowest BCUT2D eigenvalue weighted by Gasteiger charge is -2.24. The smallest absolute Gasteiger partial charge is 0.194 e. The monoisotopic (exact) mass is 350 g/mol. The van der Waals surface area contributed by atoms with Gasteiger partial charge in [0, 0.05) is 49.2 Å². The molecule has 0 amide bonds. The van der Waals surface area contributed by atoms with Crippen LogP contribution in [0.2, 0.25) is 0 Å². The van der Waals surface area contributed by atoms with Crippen LogP contribution in [0.3, 0.4) is 0 Å². The molecule has 3 rings (SSSR count). The highest BCUT2D eigenvalue weighted by Crippen LogP contribution is 2.38. The molecule has 1 atom stereocenters. The average molecular weight is 351 g/mol. The molecule has 0 radical (unpaired) electrons. The average Bonchev–Trinajstić information content (AvgIpc) is 3.27. The van der Waals surface area contributed by atoms with Crippen molar-refractivity contribution in [2.24, 2.45) is 16.3 Å². The number of hydrogen-bond donors (Lipinski definition) is 1. The molecule has 1 N–H and O–H groups in total. The summed E-state index contributed by atoms with van der Waals surface area (Å²) in [5.41, 5.74) is 0.366. The lowest BCUT2D eigenvalue weighted by atomic mass is 9.87. The molecule has 0 saturated carbocycles. The molecule has 2 aliphatic heterocycles. The van der Waals surface area contributed by atoms with Gasteiger partial charge < -0.3 is 15.0 Å². The Morgan fingerprint density at radius 1 is 1.50 bits per heavy atom. The van der Waals surface area contributed by atoms with Crippen LogP contribution in [0.1, 0.15) is 43.5 Å². The first-order valence-corrected chi connectivity index (χ1v) is 9.96. The zero-order valence-corrected chi connectivity index (χ0v) is 16.0. The number of rotatable bonds is 5. The third-order valence-electron chi connectivity index (χ3n) is 4.83. The van der Waals surface area contributed by atoms with Gasteiger partial charge >= 0.3 is 0 Å². The predicted molar refractivity (Wildman–Crippen MR) is 99.5 cm³/mol. The van der Waals surface area contributed by atoms with E-state index in [0.717, 1.165) is 51.8 Å². The number of likely N-dealkylation sites (tertiary alicyclic amines) is 1. The van der Waals surface area contributed by atoms with Crippen LogP contribution in [0.4, 0.5) is 0 Å². The molecule has 0 aliphatic carbocycles. The molecular formula is C18H30N4OS. The Bertz CT molecular complexity index is 563. The third kappa shape index (κ3) is 4.28. The Morgan fingerprint density at radius 3 is 3.08 bits per heavy atom. The quantitative estimate of drug-likeness (QED) is 0.655. The molecule has 5 nitrogen and oxygen atoms in total. The van der Waals surface area contributed by atoms with E-state index in [9.17, 15) is 0 Å². The molecule has 24 heavy (non-hydrogen) atoms. The zero-order chi connectivity index (χ0) is 17.0. The van der Waals surface area contributed by atoms with Crippen LogP contribution >= 0.6 is 11.3 Å². The molecule has 0 bridgehead atoms. The van der Waals surface area contributed by atoms with Gasteiger partial charge in [0.05, 0.1) is 18.2 Å². The van der Waals surface area contributed by atoms with Gasteiger partial charge in [0.1, 0.15) is 0 Å². The number of aliphatic imine (C=N–C) groups is 1. The SMILES string of the molecule is CCNC(=NCc1cnc(CC(C)C)s1)N1CCC2(CCOC2)C1. The molecular weight excluding hydrogens is 320 g/mol. The summed E-state index contributed by atoms with van der Waals surface area (Å²) in [6.07, 6.45) is 5.46. The summed E-state index contributed by atoms with van der Waals surface area (Å²) in [5.74, 6) is 1.69. The van der Waals surface area contributed by atoms with Crippen LogP contribution < -0.4 is 5.32 Å². The second-order valence-corrected chi connectivity index (χ2v) is 8.66. The highest BCUT2D eigenvalue weighted by Gasteiger charge is 2.42. The van der Waals surface area contributed by atoms with E-state index in [1.165, 1.54) is 22.7 Å². The molecule has 1 spiro atoms. The molecule has 3 heterocycles. The molecule has 6 heteroatoms. The first kappa shape index (κ1) is 17.7. The van der Waals surface area contributed by atoms with Crippen molar-refractivity contribution in [3.63, 3.8) is 0 Å². The minimum atomic E-state index is 0.366. The lowest BCUT2D eigenvalue weighted by Crippen LogP contribution is -2.41. The van der Waals surface area contributed by atoms with E-state index >= 15 is 0 Å². The van der Waals surface area contributed by atoms with Crippen LogP contribution in [0.25, 0.3) is 0 Å². The fourth-order valence-corrected chi connectivity index (χ4v) is 4.59. The van der Waals surface area contributed by atoms with Gasteiger partial charge in [0.2, 0.25) is 0 Å². The van der Waals surface area contributed by atoms with Gasteiger partial charge in [-0.2, -0.15) is 0 Å². The summed E-state index contributed by atoms with van der Waals surface area (Å²) in [6.45, 7) is 12.2. The number of thiazole rings is 1. The second kappa shape index (κ2) is 7.83. The molecule has 2 saturated heterocycles. The van der Waals surface area contributed by atoms with E-state index in [4.69, 9.17) is 9.73 Å². The lowest BCUT2D eigenvalue weighted by molar-refractivity contribution is 0.156. The Labute approximate surface area is 149 Å². The largest absolute Gasteiger partial charge is 0.381 e. The van der Waals surface area contributed by atoms with Crippen molar-refractivity contribution in [3.05, 3.63) is 16.1 Å². The standard InChI is InChI=1S/C18H30N4OS/c1-4-19-17(22-7-5-18(12-22)6-8-23-13-18)21-11-15-10-20-16(24-15)9-14(2)3/h10,14H,4-9,11-13H2,1-3H3,(H,19,21). The number of nitrogens with one attached hydrogen (secondary N) is 1. The van der Waals surface area contributed by atoms with Gasteiger partial charge in [-0.3, -0.25) is 0 Å². The predicted octanol–water partition coefficient (Wildman–Crippen LogP) is 2.92. The Kier molecular flexibility index (Phi) is 5.76. The fourth-order valence-electron chi connectivity index (χ4n) is 3.53. The summed E-state index contributed by atoms with van der Waals surface area (Å²) in [7, 11) is 0. The highest BCUT2D eigenvalue weighted by atomic mass is 32.1. The summed E-state index contributed by atoms with van der Waals surface area (Å²) in [5, 5.41) is 4.68. The molecule has 1 unspecified atom stereocenters. The van der Waals surface area contributed by atoms with Gasteiger partial charge in [-0.15, -0.1) is 11.3 Å². The van der Waals surface area contributed by atoms with Gasteiger partial charge in [-0.25, -0.2) is 9.98 Å². The Hall–Kier alpha value is -1.14. The molecule has 0 aromatic carbocycles. The minimum Gasteiger partial charge on any atom is -0.381 e. The van der Waals surface area contributed by atoms with E-state index in [-0.39, 0.29) is 0 Å². The van der Waals surface area contributed by atoms with Crippen molar-refractivity contribution in [1.82, 2.24) is 15.2 Å². The molecule has 2 aliphatic rings. The maximum absolute atomic E-state index is 5.64. The van der Waals surface area contributed by atoms with Gasteiger partial charge in [0.25, 0.3) is 0 Å². The number of nitrogens with zero attached hydrogens (tertiary/aromatic N) is 3. The number of guanidine groups is 1. The van der Waals surface area contributed by atoms with Crippen molar-refractivity contribution < 1.29 is 4.74 Å². The van der Waals surface area contributed by atoms with Crippen molar-refractivity contribution >= 4 is 17.3 Å². The normalized spacial score (nSPS) is 24.5. The molecule has 1 aromatic rings. The van der Waals surface area contributed by atoms with Crippen molar-refractivity contribution in [2.45, 2.75) is 46.6 Å². The number of hydrogen-bond acceptors (Lipinski definition) is 4. The van der Waals surface area contributed by atoms with Crippen LogP contribution in [0, 0.1) is 11.3 Å².